The Hall–Kier alpha value is -0.210. The molecule has 0 atom stereocenters. The Morgan fingerprint density at radius 3 is 1.30 bits per heavy atom. The van der Waals surface area contributed by atoms with Crippen molar-refractivity contribution < 1.29 is 18.1 Å². The van der Waals surface area contributed by atoms with E-state index in [1.165, 1.54) is 0 Å². The van der Waals surface area contributed by atoms with E-state index in [2.05, 4.69) is 0 Å². The van der Waals surface area contributed by atoms with Crippen LogP contribution in [0.5, 0.6) is 0 Å². The lowest BCUT2D eigenvalue weighted by Gasteiger charge is -1.90. The molecule has 0 aromatic carbocycles. The van der Waals surface area contributed by atoms with Gasteiger partial charge in [-0.1, -0.05) is 6.92 Å². The summed E-state index contributed by atoms with van der Waals surface area (Å²) in [5.74, 6) is 0. The molecule has 0 saturated heterocycles. The van der Waals surface area contributed by atoms with Crippen LogP contribution in [0.4, 0.5) is 0 Å². The molecular weight excluding hydrogens is 160 g/mol. The van der Waals surface area contributed by atoms with Crippen LogP contribution in [0.25, 0.3) is 0 Å². The number of hydrogen-bond acceptors (Lipinski definition) is 4. The molecule has 0 aliphatic heterocycles. The quantitative estimate of drug-likeness (QED) is 0.467. The predicted molar refractivity (Wildman–Crippen MR) is 38.1 cm³/mol. The van der Waals surface area contributed by atoms with Crippen LogP contribution >= 0.6 is 0 Å². The number of quaternary nitrogens is 2. The second-order valence-corrected chi connectivity index (χ2v) is 2.40. The Labute approximate surface area is 61.2 Å². The Balaban J connectivity index is -0.0000000326. The fraction of sp³-hybridized carbons (Fsp3) is 1.00. The Bertz CT molecular complexity index is 112. The zero-order valence-corrected chi connectivity index (χ0v) is 7.56. The van der Waals surface area contributed by atoms with E-state index in [0.717, 1.165) is 0 Å². The third kappa shape index (κ3) is 8140. The Morgan fingerprint density at radius 1 is 1.30 bits per heavy atom. The minimum Gasteiger partial charge on any atom is -0.855 e. The molecule has 0 rings (SSSR count). The van der Waals surface area contributed by atoms with Gasteiger partial charge in [0.1, 0.15) is 0 Å². The second kappa shape index (κ2) is 11.6. The predicted octanol–water partition coefficient (Wildman–Crippen LogP) is -0.720. The SMILES string of the molecule is CC[O-].CS(=O)(=O)[O-].[NH4+].[NH4+]. The summed E-state index contributed by atoms with van der Waals surface area (Å²) in [7, 11) is -3.92. The number of hydrogen-bond donors (Lipinski definition) is 2. The third-order valence-electron chi connectivity index (χ3n) is 0. The van der Waals surface area contributed by atoms with Crippen LogP contribution in [0.3, 0.4) is 0 Å². The first kappa shape index (κ1) is 22.6. The maximum absolute atomic E-state index is 9.08. The van der Waals surface area contributed by atoms with Crippen molar-refractivity contribution in [3.05, 3.63) is 0 Å². The van der Waals surface area contributed by atoms with Crippen molar-refractivity contribution in [1.29, 1.82) is 0 Å². The summed E-state index contributed by atoms with van der Waals surface area (Å²) in [4.78, 5) is 0. The van der Waals surface area contributed by atoms with E-state index in [-0.39, 0.29) is 18.9 Å². The molecule has 0 unspecified atom stereocenters. The summed E-state index contributed by atoms with van der Waals surface area (Å²) >= 11 is 0. The van der Waals surface area contributed by atoms with Crippen LogP contribution in [0.15, 0.2) is 0 Å². The highest BCUT2D eigenvalue weighted by molar-refractivity contribution is 7.84. The van der Waals surface area contributed by atoms with Gasteiger partial charge < -0.3 is 22.0 Å². The Kier molecular flexibility index (Phi) is 26.1. The molecule has 0 fully saturated rings. The van der Waals surface area contributed by atoms with Crippen LogP contribution in [0.2, 0.25) is 0 Å². The summed E-state index contributed by atoms with van der Waals surface area (Å²) in [6, 6.07) is 0. The number of rotatable bonds is 0. The molecule has 68 valence electrons. The molecule has 0 amide bonds. The summed E-state index contributed by atoms with van der Waals surface area (Å²) in [6.45, 7) is 1.57. The normalized spacial score (nSPS) is 7.60. The highest BCUT2D eigenvalue weighted by Gasteiger charge is 1.65. The minimum atomic E-state index is -3.92. The lowest BCUT2D eigenvalue weighted by atomic mass is 10.9. The lowest BCUT2D eigenvalue weighted by Crippen LogP contribution is -1.97. The maximum Gasteiger partial charge on any atom is 0.0916 e. The lowest BCUT2D eigenvalue weighted by molar-refractivity contribution is -0.361. The van der Waals surface area contributed by atoms with E-state index in [0.29, 0.717) is 6.26 Å². The van der Waals surface area contributed by atoms with Crippen molar-refractivity contribution in [3.63, 3.8) is 0 Å². The molecule has 6 nitrogen and oxygen atoms in total. The molecular formula is C3H16N2O4S. The van der Waals surface area contributed by atoms with Gasteiger partial charge >= 0.3 is 0 Å². The largest absolute Gasteiger partial charge is 0.855 e. The zero-order valence-electron chi connectivity index (χ0n) is 6.75. The molecule has 0 bridgehead atoms. The van der Waals surface area contributed by atoms with Crippen molar-refractivity contribution in [3.8, 4) is 0 Å². The van der Waals surface area contributed by atoms with E-state index in [4.69, 9.17) is 18.1 Å². The highest BCUT2D eigenvalue weighted by atomic mass is 32.2. The van der Waals surface area contributed by atoms with E-state index >= 15 is 0 Å². The van der Waals surface area contributed by atoms with Crippen LogP contribution < -0.4 is 17.4 Å². The molecule has 0 heterocycles. The molecule has 0 aromatic heterocycles. The van der Waals surface area contributed by atoms with Gasteiger partial charge in [0.15, 0.2) is 0 Å². The van der Waals surface area contributed by atoms with Gasteiger partial charge in [-0.15, -0.1) is 6.61 Å². The topological polar surface area (TPSA) is 153 Å². The molecule has 10 heavy (non-hydrogen) atoms. The molecule has 0 spiro atoms. The van der Waals surface area contributed by atoms with Gasteiger partial charge in [-0.25, -0.2) is 8.42 Å². The first-order valence-electron chi connectivity index (χ1n) is 1.90. The first-order valence-corrected chi connectivity index (χ1v) is 3.72. The van der Waals surface area contributed by atoms with Gasteiger partial charge in [0, 0.05) is 6.26 Å². The van der Waals surface area contributed by atoms with E-state index < -0.39 is 10.1 Å². The zero-order chi connectivity index (χ0) is 7.21. The van der Waals surface area contributed by atoms with Crippen molar-refractivity contribution >= 4 is 10.1 Å². The standard InChI is InChI=1S/C2H5O.CH4O3S.2H3N/c1-2-3;1-5(2,3)4;;/h2H2,1H3;1H3,(H,2,3,4);2*1H3/q-1;;;/p+1. The fourth-order valence-corrected chi connectivity index (χ4v) is 0. The van der Waals surface area contributed by atoms with E-state index in [9.17, 15) is 0 Å². The van der Waals surface area contributed by atoms with Crippen molar-refractivity contribution in [1.82, 2.24) is 12.3 Å². The molecule has 0 aromatic rings. The van der Waals surface area contributed by atoms with E-state index in [1.807, 2.05) is 0 Å². The molecule has 7 heteroatoms. The van der Waals surface area contributed by atoms with Crippen LogP contribution in [-0.4, -0.2) is 25.8 Å². The van der Waals surface area contributed by atoms with Gasteiger partial charge in [-0.2, -0.15) is 0 Å². The molecule has 8 N–H and O–H groups in total. The van der Waals surface area contributed by atoms with Crippen LogP contribution in [0, 0.1) is 0 Å². The van der Waals surface area contributed by atoms with Crippen molar-refractivity contribution in [2.45, 2.75) is 6.92 Å². The summed E-state index contributed by atoms with van der Waals surface area (Å²) in [5, 5.41) is 8.93. The summed E-state index contributed by atoms with van der Waals surface area (Å²) in [5.41, 5.74) is 0. The van der Waals surface area contributed by atoms with Gasteiger partial charge in [0.05, 0.1) is 10.1 Å². The third-order valence-corrected chi connectivity index (χ3v) is 0. The van der Waals surface area contributed by atoms with Crippen molar-refractivity contribution in [2.24, 2.45) is 0 Å². The maximum atomic E-state index is 9.08. The second-order valence-electron chi connectivity index (χ2n) is 0.993. The average molecular weight is 176 g/mol. The highest BCUT2D eigenvalue weighted by Crippen LogP contribution is 1.59. The monoisotopic (exact) mass is 176 g/mol. The average Bonchev–Trinajstić information content (AvgIpc) is 1.27. The Morgan fingerprint density at radius 2 is 1.30 bits per heavy atom. The van der Waals surface area contributed by atoms with Gasteiger partial charge in [-0.05, 0) is 0 Å². The van der Waals surface area contributed by atoms with E-state index in [1.54, 1.807) is 6.92 Å². The molecule has 0 aliphatic carbocycles. The van der Waals surface area contributed by atoms with Crippen LogP contribution in [0.1, 0.15) is 6.92 Å². The molecule has 0 radical (unpaired) electrons. The minimum absolute atomic E-state index is 0. The smallest absolute Gasteiger partial charge is 0.0916 e. The van der Waals surface area contributed by atoms with Gasteiger partial charge in [-0.3, -0.25) is 0 Å². The van der Waals surface area contributed by atoms with Crippen LogP contribution in [-0.2, 0) is 10.1 Å². The summed E-state index contributed by atoms with van der Waals surface area (Å²) in [6.07, 6.45) is 0.604. The molecule has 0 saturated carbocycles. The van der Waals surface area contributed by atoms with Gasteiger partial charge in [0.25, 0.3) is 0 Å². The first-order chi connectivity index (χ1) is 3.41. The fourth-order valence-electron chi connectivity index (χ4n) is 0. The summed E-state index contributed by atoms with van der Waals surface area (Å²) < 4.78 is 27.2. The molecule has 0 aliphatic rings. The van der Waals surface area contributed by atoms with Crippen molar-refractivity contribution in [2.75, 3.05) is 12.9 Å². The van der Waals surface area contributed by atoms with Gasteiger partial charge in [0.2, 0.25) is 0 Å².